The second kappa shape index (κ2) is 7.40. The Hall–Kier alpha value is -2.14. The molecule has 0 radical (unpaired) electrons. The molecule has 3 rings (SSSR count). The van der Waals surface area contributed by atoms with Gasteiger partial charge in [0.1, 0.15) is 5.54 Å². The fourth-order valence-corrected chi connectivity index (χ4v) is 3.98. The predicted molar refractivity (Wildman–Crippen MR) is 91.3 cm³/mol. The number of nitriles is 1. The molecule has 1 fully saturated rings. The van der Waals surface area contributed by atoms with Gasteiger partial charge in [-0.05, 0) is 25.0 Å². The van der Waals surface area contributed by atoms with Crippen LogP contribution < -0.4 is 5.32 Å². The molecule has 0 unspecified atom stereocenters. The molecule has 0 bridgehead atoms. The Morgan fingerprint density at radius 2 is 2.08 bits per heavy atom. The minimum atomic E-state index is -2.73. The predicted octanol–water partition coefficient (Wildman–Crippen LogP) is 3.87. The van der Waals surface area contributed by atoms with E-state index in [1.807, 2.05) is 0 Å². The Morgan fingerprint density at radius 3 is 2.76 bits per heavy atom. The molecule has 8 heteroatoms. The molecule has 0 spiro atoms. The first-order valence-corrected chi connectivity index (χ1v) is 9.13. The summed E-state index contributed by atoms with van der Waals surface area (Å²) in [7, 11) is 0. The molecule has 0 aliphatic heterocycles. The fourth-order valence-electron chi connectivity index (χ4n) is 3.17. The van der Waals surface area contributed by atoms with Crippen molar-refractivity contribution in [3.05, 3.63) is 24.3 Å². The van der Waals surface area contributed by atoms with Crippen molar-refractivity contribution in [2.75, 3.05) is 5.75 Å². The molecule has 0 atom stereocenters. The lowest BCUT2D eigenvalue weighted by Gasteiger charge is -2.31. The minimum Gasteiger partial charge on any atom is -0.337 e. The highest BCUT2D eigenvalue weighted by Crippen LogP contribution is 2.30. The number of para-hydroxylation sites is 2. The van der Waals surface area contributed by atoms with Crippen molar-refractivity contribution in [3.8, 4) is 6.07 Å². The molecular formula is C17H18F2N4OS. The zero-order valence-corrected chi connectivity index (χ0v) is 14.4. The van der Waals surface area contributed by atoms with Gasteiger partial charge in [0.15, 0.2) is 5.16 Å². The summed E-state index contributed by atoms with van der Waals surface area (Å²) in [6.07, 6.45) is 4.14. The van der Waals surface area contributed by atoms with Gasteiger partial charge in [-0.1, -0.05) is 43.2 Å². The normalized spacial score (nSPS) is 16.7. The number of fused-ring (bicyclic) bond motifs is 1. The van der Waals surface area contributed by atoms with Crippen LogP contribution >= 0.6 is 11.8 Å². The fraction of sp³-hybridized carbons (Fsp3) is 0.471. The van der Waals surface area contributed by atoms with Crippen LogP contribution in [0, 0.1) is 11.3 Å². The van der Waals surface area contributed by atoms with Crippen molar-refractivity contribution in [1.29, 1.82) is 5.26 Å². The largest absolute Gasteiger partial charge is 0.337 e. The van der Waals surface area contributed by atoms with Gasteiger partial charge in [-0.3, -0.25) is 9.36 Å². The lowest BCUT2D eigenvalue weighted by atomic mass is 9.83. The van der Waals surface area contributed by atoms with Gasteiger partial charge in [-0.15, -0.1) is 0 Å². The van der Waals surface area contributed by atoms with Crippen LogP contribution in [0.25, 0.3) is 11.0 Å². The topological polar surface area (TPSA) is 70.7 Å². The number of halogens is 2. The van der Waals surface area contributed by atoms with Crippen molar-refractivity contribution >= 4 is 28.7 Å². The third-order valence-electron chi connectivity index (χ3n) is 4.39. The van der Waals surface area contributed by atoms with E-state index in [1.54, 1.807) is 24.3 Å². The number of amides is 1. The van der Waals surface area contributed by atoms with Gasteiger partial charge >= 0.3 is 6.55 Å². The SMILES string of the molecule is N#CC1(NC(=O)CSc2nc3ccccc3n2C(F)F)CCCCC1. The van der Waals surface area contributed by atoms with Gasteiger partial charge in [-0.2, -0.15) is 14.0 Å². The number of hydrogen-bond acceptors (Lipinski definition) is 4. The quantitative estimate of drug-likeness (QED) is 0.818. The molecule has 1 saturated carbocycles. The summed E-state index contributed by atoms with van der Waals surface area (Å²) < 4.78 is 27.6. The highest BCUT2D eigenvalue weighted by Gasteiger charge is 2.33. The van der Waals surface area contributed by atoms with E-state index in [-0.39, 0.29) is 16.8 Å². The number of nitrogens with one attached hydrogen (secondary N) is 1. The van der Waals surface area contributed by atoms with E-state index in [4.69, 9.17) is 0 Å². The van der Waals surface area contributed by atoms with Gasteiger partial charge in [0.2, 0.25) is 5.91 Å². The number of carbonyl (C=O) groups excluding carboxylic acids is 1. The monoisotopic (exact) mass is 364 g/mol. The number of hydrogen-bond donors (Lipinski definition) is 1. The number of imidazole rings is 1. The van der Waals surface area contributed by atoms with Gasteiger partial charge in [0, 0.05) is 0 Å². The standard InChI is InChI=1S/C17H18F2N4OS/c18-15(19)23-13-7-3-2-6-12(13)21-16(23)25-10-14(24)22-17(11-20)8-4-1-5-9-17/h2-3,6-7,15H,1,4-5,8-10H2,(H,22,24). The average molecular weight is 364 g/mol. The molecular weight excluding hydrogens is 346 g/mol. The molecule has 2 aromatic rings. The van der Waals surface area contributed by atoms with Crippen LogP contribution in [0.4, 0.5) is 8.78 Å². The van der Waals surface area contributed by atoms with Crippen LogP contribution in [0.5, 0.6) is 0 Å². The van der Waals surface area contributed by atoms with Crippen molar-refractivity contribution in [1.82, 2.24) is 14.9 Å². The summed E-state index contributed by atoms with van der Waals surface area (Å²) in [5.74, 6) is -0.388. The molecule has 1 amide bonds. The molecule has 132 valence electrons. The third kappa shape index (κ3) is 3.76. The van der Waals surface area contributed by atoms with Crippen LogP contribution in [0.3, 0.4) is 0 Å². The molecule has 1 N–H and O–H groups in total. The van der Waals surface area contributed by atoms with Crippen LogP contribution in [0.15, 0.2) is 29.4 Å². The molecule has 1 heterocycles. The van der Waals surface area contributed by atoms with Crippen LogP contribution in [0.1, 0.15) is 38.7 Å². The Labute approximate surface area is 148 Å². The number of benzene rings is 1. The summed E-state index contributed by atoms with van der Waals surface area (Å²) in [4.78, 5) is 16.4. The van der Waals surface area contributed by atoms with Gasteiger partial charge in [0.25, 0.3) is 0 Å². The number of thioether (sulfide) groups is 1. The summed E-state index contributed by atoms with van der Waals surface area (Å²) in [5, 5.41) is 12.3. The zero-order chi connectivity index (χ0) is 17.9. The van der Waals surface area contributed by atoms with E-state index in [0.29, 0.717) is 23.9 Å². The van der Waals surface area contributed by atoms with Crippen molar-refractivity contribution in [2.45, 2.75) is 49.3 Å². The maximum Gasteiger partial charge on any atom is 0.321 e. The van der Waals surface area contributed by atoms with Crippen LogP contribution in [-0.4, -0.2) is 26.8 Å². The molecule has 1 aromatic carbocycles. The van der Waals surface area contributed by atoms with Crippen LogP contribution in [-0.2, 0) is 4.79 Å². The first kappa shape index (κ1) is 17.7. The zero-order valence-electron chi connectivity index (χ0n) is 13.5. The highest BCUT2D eigenvalue weighted by atomic mass is 32.2. The van der Waals surface area contributed by atoms with E-state index in [2.05, 4.69) is 16.4 Å². The van der Waals surface area contributed by atoms with E-state index < -0.39 is 12.1 Å². The number of alkyl halides is 2. The van der Waals surface area contributed by atoms with E-state index >= 15 is 0 Å². The third-order valence-corrected chi connectivity index (χ3v) is 5.34. The molecule has 5 nitrogen and oxygen atoms in total. The molecule has 1 aromatic heterocycles. The van der Waals surface area contributed by atoms with Gasteiger partial charge in [-0.25, -0.2) is 4.98 Å². The average Bonchev–Trinajstić information content (AvgIpc) is 2.99. The molecule has 1 aliphatic rings. The second-order valence-corrected chi connectivity index (χ2v) is 7.06. The van der Waals surface area contributed by atoms with Crippen molar-refractivity contribution in [3.63, 3.8) is 0 Å². The van der Waals surface area contributed by atoms with Gasteiger partial charge < -0.3 is 5.32 Å². The first-order chi connectivity index (χ1) is 12.0. The maximum absolute atomic E-state index is 13.4. The summed E-state index contributed by atoms with van der Waals surface area (Å²) >= 11 is 0.957. The van der Waals surface area contributed by atoms with E-state index in [0.717, 1.165) is 35.6 Å². The lowest BCUT2D eigenvalue weighted by molar-refractivity contribution is -0.120. The smallest absolute Gasteiger partial charge is 0.321 e. The maximum atomic E-state index is 13.4. The van der Waals surface area contributed by atoms with Crippen molar-refractivity contribution < 1.29 is 13.6 Å². The van der Waals surface area contributed by atoms with E-state index in [9.17, 15) is 18.8 Å². The lowest BCUT2D eigenvalue weighted by Crippen LogP contribution is -2.49. The number of aromatic nitrogens is 2. The van der Waals surface area contributed by atoms with Crippen LogP contribution in [0.2, 0.25) is 0 Å². The Balaban J connectivity index is 1.71. The Bertz CT molecular complexity index is 809. The summed E-state index contributed by atoms with van der Waals surface area (Å²) in [6.45, 7) is -2.73. The number of rotatable bonds is 5. The van der Waals surface area contributed by atoms with Gasteiger partial charge in [0.05, 0.1) is 22.9 Å². The Kier molecular flexibility index (Phi) is 5.23. The number of carbonyl (C=O) groups is 1. The van der Waals surface area contributed by atoms with Crippen molar-refractivity contribution in [2.24, 2.45) is 0 Å². The Morgan fingerprint density at radius 1 is 1.36 bits per heavy atom. The first-order valence-electron chi connectivity index (χ1n) is 8.15. The molecule has 0 saturated heterocycles. The summed E-state index contributed by atoms with van der Waals surface area (Å²) in [6, 6.07) is 8.85. The van der Waals surface area contributed by atoms with E-state index in [1.165, 1.54) is 0 Å². The molecule has 1 aliphatic carbocycles. The number of nitrogens with zero attached hydrogens (tertiary/aromatic N) is 3. The highest BCUT2D eigenvalue weighted by molar-refractivity contribution is 7.99. The molecule has 25 heavy (non-hydrogen) atoms. The second-order valence-electron chi connectivity index (χ2n) is 6.12. The minimum absolute atomic E-state index is 0.0561. The summed E-state index contributed by atoms with van der Waals surface area (Å²) in [5.41, 5.74) is -0.0219.